The lowest BCUT2D eigenvalue weighted by molar-refractivity contribution is 0.0995. The molecule has 0 spiro atoms. The summed E-state index contributed by atoms with van der Waals surface area (Å²) in [4.78, 5) is 18.5. The van der Waals surface area contributed by atoms with Crippen LogP contribution < -0.4 is 5.73 Å². The van der Waals surface area contributed by atoms with E-state index < -0.39 is 5.91 Å². The smallest absolute Gasteiger partial charge is 0.267 e. The van der Waals surface area contributed by atoms with E-state index in [0.717, 1.165) is 0 Å². The van der Waals surface area contributed by atoms with Crippen molar-refractivity contribution in [1.29, 1.82) is 0 Å². The Bertz CT molecular complexity index is 309. The highest BCUT2D eigenvalue weighted by Crippen LogP contribution is 1.95. The number of nitrogens with zero attached hydrogens (tertiary/aromatic N) is 2. The number of aromatic nitrogens is 2. The number of hydrogen-bond acceptors (Lipinski definition) is 3. The molecule has 1 heterocycles. The summed E-state index contributed by atoms with van der Waals surface area (Å²) in [5.41, 5.74) is 5.26. The molecule has 12 heavy (non-hydrogen) atoms. The molecule has 0 radical (unpaired) electrons. The predicted molar refractivity (Wildman–Crippen MR) is 44.5 cm³/mol. The van der Waals surface area contributed by atoms with Crippen molar-refractivity contribution in [1.82, 2.24) is 9.97 Å². The Balaban J connectivity index is 2.95. The Kier molecular flexibility index (Phi) is 2.53. The average molecular weight is 163 g/mol. The van der Waals surface area contributed by atoms with Crippen molar-refractivity contribution >= 4 is 5.91 Å². The molecule has 4 nitrogen and oxygen atoms in total. The van der Waals surface area contributed by atoms with Gasteiger partial charge in [0.25, 0.3) is 5.91 Å². The minimum absolute atomic E-state index is 0.238. The first kappa shape index (κ1) is 8.39. The highest BCUT2D eigenvalue weighted by molar-refractivity contribution is 5.90. The number of hydrogen-bond donors (Lipinski definition) is 1. The van der Waals surface area contributed by atoms with Crippen LogP contribution in [-0.4, -0.2) is 15.9 Å². The molecule has 4 heteroatoms. The van der Waals surface area contributed by atoms with E-state index in [9.17, 15) is 4.79 Å². The molecule has 1 rings (SSSR count). The number of amides is 1. The largest absolute Gasteiger partial charge is 0.364 e. The van der Waals surface area contributed by atoms with Gasteiger partial charge in [-0.3, -0.25) is 4.79 Å². The molecule has 0 aliphatic heterocycles. The number of carbonyl (C=O) groups is 1. The van der Waals surface area contributed by atoms with Crippen molar-refractivity contribution in [3.05, 3.63) is 36.4 Å². The van der Waals surface area contributed by atoms with E-state index in [1.54, 1.807) is 6.08 Å². The molecule has 1 amide bonds. The summed E-state index contributed by atoms with van der Waals surface area (Å²) < 4.78 is 0. The first-order valence-corrected chi connectivity index (χ1v) is 3.46. The van der Waals surface area contributed by atoms with Crippen molar-refractivity contribution in [3.8, 4) is 0 Å². The molecular formula is C8H9N3O. The maximum absolute atomic E-state index is 10.7. The van der Waals surface area contributed by atoms with E-state index in [-0.39, 0.29) is 5.69 Å². The minimum atomic E-state index is -0.539. The van der Waals surface area contributed by atoms with E-state index in [0.29, 0.717) is 12.2 Å². The van der Waals surface area contributed by atoms with Crippen LogP contribution in [0.1, 0.15) is 16.3 Å². The molecule has 2 N–H and O–H groups in total. The molecule has 0 aliphatic rings. The molecule has 0 bridgehead atoms. The molecule has 0 aliphatic carbocycles. The molecular weight excluding hydrogens is 154 g/mol. The zero-order valence-corrected chi connectivity index (χ0v) is 6.53. The van der Waals surface area contributed by atoms with Crippen LogP contribution in [0.3, 0.4) is 0 Å². The summed E-state index contributed by atoms with van der Waals surface area (Å²) in [6, 6.07) is 1.48. The number of carbonyl (C=O) groups excluding carboxylic acids is 1. The fourth-order valence-electron chi connectivity index (χ4n) is 0.764. The summed E-state index contributed by atoms with van der Waals surface area (Å²) >= 11 is 0. The normalized spacial score (nSPS) is 9.33. The molecule has 62 valence electrons. The van der Waals surface area contributed by atoms with Gasteiger partial charge in [0.1, 0.15) is 11.5 Å². The highest BCUT2D eigenvalue weighted by atomic mass is 16.1. The van der Waals surface area contributed by atoms with E-state index in [4.69, 9.17) is 5.73 Å². The quantitative estimate of drug-likeness (QED) is 0.652. The van der Waals surface area contributed by atoms with E-state index in [1.807, 2.05) is 0 Å². The van der Waals surface area contributed by atoms with Gasteiger partial charge in [0, 0.05) is 12.6 Å². The number of nitrogens with two attached hydrogens (primary N) is 1. The molecule has 1 aromatic rings. The third kappa shape index (κ3) is 1.88. The van der Waals surface area contributed by atoms with Crippen LogP contribution in [-0.2, 0) is 6.42 Å². The SMILES string of the molecule is C=CCc1nccc(C(N)=O)n1. The standard InChI is InChI=1S/C8H9N3O/c1-2-3-7-10-5-4-6(11-7)8(9)12/h2,4-5H,1,3H2,(H2,9,12). The first-order chi connectivity index (χ1) is 5.74. The third-order valence-electron chi connectivity index (χ3n) is 1.28. The van der Waals surface area contributed by atoms with Gasteiger partial charge >= 0.3 is 0 Å². The summed E-state index contributed by atoms with van der Waals surface area (Å²) in [6.07, 6.45) is 3.72. The Morgan fingerprint density at radius 3 is 3.08 bits per heavy atom. The number of allylic oxidation sites excluding steroid dienone is 1. The molecule has 0 saturated heterocycles. The van der Waals surface area contributed by atoms with Crippen molar-refractivity contribution in [2.75, 3.05) is 0 Å². The second-order valence-corrected chi connectivity index (χ2v) is 2.22. The molecule has 0 aromatic carbocycles. The van der Waals surface area contributed by atoms with Crippen LogP contribution in [0.5, 0.6) is 0 Å². The average Bonchev–Trinajstić information content (AvgIpc) is 2.05. The van der Waals surface area contributed by atoms with Gasteiger partial charge in [-0.15, -0.1) is 6.58 Å². The monoisotopic (exact) mass is 163 g/mol. The van der Waals surface area contributed by atoms with Gasteiger partial charge in [-0.05, 0) is 6.07 Å². The fourth-order valence-corrected chi connectivity index (χ4v) is 0.764. The van der Waals surface area contributed by atoms with Crippen LogP contribution in [0, 0.1) is 0 Å². The second kappa shape index (κ2) is 3.61. The summed E-state index contributed by atoms with van der Waals surface area (Å²) in [6.45, 7) is 3.53. The Morgan fingerprint density at radius 2 is 2.50 bits per heavy atom. The van der Waals surface area contributed by atoms with Crippen LogP contribution in [0.25, 0.3) is 0 Å². The van der Waals surface area contributed by atoms with Crippen molar-refractivity contribution in [3.63, 3.8) is 0 Å². The molecule has 0 saturated carbocycles. The zero-order chi connectivity index (χ0) is 8.97. The topological polar surface area (TPSA) is 68.9 Å². The Hall–Kier alpha value is -1.71. The van der Waals surface area contributed by atoms with Gasteiger partial charge in [0.05, 0.1) is 0 Å². The third-order valence-corrected chi connectivity index (χ3v) is 1.28. The van der Waals surface area contributed by atoms with Crippen LogP contribution in [0.4, 0.5) is 0 Å². The van der Waals surface area contributed by atoms with E-state index in [2.05, 4.69) is 16.5 Å². The van der Waals surface area contributed by atoms with Gasteiger partial charge in [-0.1, -0.05) is 6.08 Å². The number of rotatable bonds is 3. The zero-order valence-electron chi connectivity index (χ0n) is 6.53. The first-order valence-electron chi connectivity index (χ1n) is 3.46. The Morgan fingerprint density at radius 1 is 1.75 bits per heavy atom. The molecule has 0 fully saturated rings. The van der Waals surface area contributed by atoms with Gasteiger partial charge < -0.3 is 5.73 Å². The van der Waals surface area contributed by atoms with Gasteiger partial charge in [-0.25, -0.2) is 9.97 Å². The highest BCUT2D eigenvalue weighted by Gasteiger charge is 2.02. The Labute approximate surface area is 70.1 Å². The van der Waals surface area contributed by atoms with Gasteiger partial charge in [0.15, 0.2) is 0 Å². The van der Waals surface area contributed by atoms with Crippen molar-refractivity contribution in [2.45, 2.75) is 6.42 Å². The van der Waals surface area contributed by atoms with Gasteiger partial charge in [-0.2, -0.15) is 0 Å². The van der Waals surface area contributed by atoms with E-state index >= 15 is 0 Å². The molecule has 0 atom stereocenters. The predicted octanol–water partition coefficient (Wildman–Crippen LogP) is 0.304. The van der Waals surface area contributed by atoms with Crippen LogP contribution >= 0.6 is 0 Å². The molecule has 0 unspecified atom stereocenters. The van der Waals surface area contributed by atoms with Crippen LogP contribution in [0.15, 0.2) is 24.9 Å². The second-order valence-electron chi connectivity index (χ2n) is 2.22. The van der Waals surface area contributed by atoms with Crippen molar-refractivity contribution in [2.24, 2.45) is 5.73 Å². The lowest BCUT2D eigenvalue weighted by Crippen LogP contribution is -2.14. The lowest BCUT2D eigenvalue weighted by atomic mass is 10.3. The van der Waals surface area contributed by atoms with Crippen molar-refractivity contribution < 1.29 is 4.79 Å². The van der Waals surface area contributed by atoms with E-state index in [1.165, 1.54) is 12.3 Å². The number of primary amides is 1. The summed E-state index contributed by atoms with van der Waals surface area (Å²) in [5, 5.41) is 0. The molecule has 1 aromatic heterocycles. The minimum Gasteiger partial charge on any atom is -0.364 e. The maximum atomic E-state index is 10.7. The lowest BCUT2D eigenvalue weighted by Gasteiger charge is -1.96. The summed E-state index contributed by atoms with van der Waals surface area (Å²) in [7, 11) is 0. The maximum Gasteiger partial charge on any atom is 0.267 e. The van der Waals surface area contributed by atoms with Gasteiger partial charge in [0.2, 0.25) is 0 Å². The summed E-state index contributed by atoms with van der Waals surface area (Å²) in [5.74, 6) is 0.0176. The van der Waals surface area contributed by atoms with Crippen LogP contribution in [0.2, 0.25) is 0 Å². The fraction of sp³-hybridized carbons (Fsp3) is 0.125.